The van der Waals surface area contributed by atoms with Crippen molar-refractivity contribution in [2.24, 2.45) is 0 Å². The largest absolute Gasteiger partial charge is 0.368 e. The van der Waals surface area contributed by atoms with Gasteiger partial charge in [0.25, 0.3) is 0 Å². The Morgan fingerprint density at radius 2 is 2.22 bits per heavy atom. The van der Waals surface area contributed by atoms with Gasteiger partial charge >= 0.3 is 0 Å². The van der Waals surface area contributed by atoms with Gasteiger partial charge in [0.05, 0.1) is 17.4 Å². The third-order valence-corrected chi connectivity index (χ3v) is 2.39. The summed E-state index contributed by atoms with van der Waals surface area (Å²) in [6.45, 7) is 0. The maximum atomic E-state index is 13.0. The Labute approximate surface area is 107 Å². The van der Waals surface area contributed by atoms with E-state index in [0.29, 0.717) is 5.69 Å². The summed E-state index contributed by atoms with van der Waals surface area (Å²) < 4.78 is 13.0. The first-order valence-corrected chi connectivity index (χ1v) is 5.22. The molecule has 0 unspecified atom stereocenters. The van der Waals surface area contributed by atoms with Crippen LogP contribution in [-0.4, -0.2) is 9.97 Å². The number of hydrogen-bond donors (Lipinski definition) is 2. The molecule has 2 rings (SSSR count). The predicted molar refractivity (Wildman–Crippen MR) is 65.9 cm³/mol. The molecule has 1 aromatic carbocycles. The van der Waals surface area contributed by atoms with Crippen LogP contribution in [0.1, 0.15) is 5.56 Å². The van der Waals surface area contributed by atoms with Crippen LogP contribution in [0, 0.1) is 17.1 Å². The number of nitrogens with zero attached hydrogens (tertiary/aromatic N) is 3. The molecule has 7 heteroatoms. The molecule has 0 spiro atoms. The van der Waals surface area contributed by atoms with E-state index in [-0.39, 0.29) is 22.4 Å². The molecule has 5 nitrogen and oxygen atoms in total. The van der Waals surface area contributed by atoms with Crippen molar-refractivity contribution >= 4 is 29.1 Å². The van der Waals surface area contributed by atoms with Gasteiger partial charge in [0.15, 0.2) is 5.82 Å². The molecule has 0 aliphatic carbocycles. The topological polar surface area (TPSA) is 87.6 Å². The zero-order valence-electron chi connectivity index (χ0n) is 8.98. The van der Waals surface area contributed by atoms with Crippen molar-refractivity contribution in [3.8, 4) is 6.07 Å². The first kappa shape index (κ1) is 12.1. The van der Waals surface area contributed by atoms with Crippen LogP contribution >= 0.6 is 11.6 Å². The lowest BCUT2D eigenvalue weighted by Crippen LogP contribution is -2.01. The molecule has 2 aromatic rings. The molecule has 0 aliphatic rings. The molecule has 0 saturated heterocycles. The number of nitriles is 1. The SMILES string of the molecule is N#Cc1cc(F)ccc1Nc1nc(N)ncc1Cl. The number of nitrogens with one attached hydrogen (secondary N) is 1. The summed E-state index contributed by atoms with van der Waals surface area (Å²) in [6.07, 6.45) is 1.34. The normalized spacial score (nSPS) is 9.83. The molecule has 0 fully saturated rings. The van der Waals surface area contributed by atoms with Gasteiger partial charge in [-0.1, -0.05) is 11.6 Å². The van der Waals surface area contributed by atoms with Crippen molar-refractivity contribution in [2.45, 2.75) is 0 Å². The van der Waals surface area contributed by atoms with E-state index in [1.165, 1.54) is 18.3 Å². The average molecular weight is 264 g/mol. The average Bonchev–Trinajstić information content (AvgIpc) is 2.36. The van der Waals surface area contributed by atoms with Gasteiger partial charge in [-0.05, 0) is 18.2 Å². The first-order chi connectivity index (χ1) is 8.60. The van der Waals surface area contributed by atoms with Crippen LogP contribution < -0.4 is 11.1 Å². The van der Waals surface area contributed by atoms with Crippen molar-refractivity contribution in [3.63, 3.8) is 0 Å². The fraction of sp³-hybridized carbons (Fsp3) is 0. The van der Waals surface area contributed by atoms with Crippen LogP contribution in [0.25, 0.3) is 0 Å². The number of rotatable bonds is 2. The smallest absolute Gasteiger partial charge is 0.222 e. The predicted octanol–water partition coefficient (Wildman–Crippen LogP) is 2.47. The van der Waals surface area contributed by atoms with Gasteiger partial charge in [0.1, 0.15) is 16.9 Å². The summed E-state index contributed by atoms with van der Waals surface area (Å²) in [5, 5.41) is 12.0. The molecule has 1 aromatic heterocycles. The highest BCUT2D eigenvalue weighted by atomic mass is 35.5. The Hall–Kier alpha value is -2.39. The minimum Gasteiger partial charge on any atom is -0.368 e. The van der Waals surface area contributed by atoms with E-state index >= 15 is 0 Å². The fourth-order valence-electron chi connectivity index (χ4n) is 1.31. The highest BCUT2D eigenvalue weighted by molar-refractivity contribution is 6.32. The van der Waals surface area contributed by atoms with Gasteiger partial charge in [-0.25, -0.2) is 9.37 Å². The summed E-state index contributed by atoms with van der Waals surface area (Å²) in [4.78, 5) is 7.59. The van der Waals surface area contributed by atoms with Crippen molar-refractivity contribution in [2.75, 3.05) is 11.1 Å². The number of anilines is 3. The zero-order chi connectivity index (χ0) is 13.1. The maximum absolute atomic E-state index is 13.0. The summed E-state index contributed by atoms with van der Waals surface area (Å²) >= 11 is 5.87. The Morgan fingerprint density at radius 3 is 2.94 bits per heavy atom. The van der Waals surface area contributed by atoms with Gasteiger partial charge in [0.2, 0.25) is 5.95 Å². The summed E-state index contributed by atoms with van der Waals surface area (Å²) in [5.74, 6) is -0.194. The highest BCUT2D eigenvalue weighted by Gasteiger charge is 2.08. The van der Waals surface area contributed by atoms with Gasteiger partial charge in [-0.2, -0.15) is 10.2 Å². The Morgan fingerprint density at radius 1 is 1.44 bits per heavy atom. The van der Waals surface area contributed by atoms with Crippen molar-refractivity contribution in [1.29, 1.82) is 5.26 Å². The molecule has 0 atom stereocenters. The molecular formula is C11H7ClFN5. The van der Waals surface area contributed by atoms with Gasteiger partial charge in [0, 0.05) is 0 Å². The number of hydrogen-bond acceptors (Lipinski definition) is 5. The van der Waals surface area contributed by atoms with Crippen LogP contribution in [0.2, 0.25) is 5.02 Å². The highest BCUT2D eigenvalue weighted by Crippen LogP contribution is 2.25. The van der Waals surface area contributed by atoms with Crippen LogP contribution in [-0.2, 0) is 0 Å². The summed E-state index contributed by atoms with van der Waals surface area (Å²) in [5.41, 5.74) is 5.96. The maximum Gasteiger partial charge on any atom is 0.222 e. The quantitative estimate of drug-likeness (QED) is 0.869. The second kappa shape index (κ2) is 4.85. The molecule has 0 amide bonds. The van der Waals surface area contributed by atoms with Crippen LogP contribution in [0.5, 0.6) is 0 Å². The fourth-order valence-corrected chi connectivity index (χ4v) is 1.45. The number of aromatic nitrogens is 2. The van der Waals surface area contributed by atoms with Gasteiger partial charge < -0.3 is 11.1 Å². The Bertz CT molecular complexity index is 638. The third kappa shape index (κ3) is 2.47. The van der Waals surface area contributed by atoms with Crippen LogP contribution in [0.3, 0.4) is 0 Å². The lowest BCUT2D eigenvalue weighted by molar-refractivity contribution is 0.627. The number of halogens is 2. The van der Waals surface area contributed by atoms with E-state index in [4.69, 9.17) is 22.6 Å². The van der Waals surface area contributed by atoms with E-state index in [2.05, 4.69) is 15.3 Å². The van der Waals surface area contributed by atoms with Crippen LogP contribution in [0.4, 0.5) is 21.8 Å². The Balaban J connectivity index is 2.40. The zero-order valence-corrected chi connectivity index (χ0v) is 9.74. The molecular weight excluding hydrogens is 257 g/mol. The molecule has 3 N–H and O–H groups in total. The number of nitrogens with two attached hydrogens (primary N) is 1. The van der Waals surface area contributed by atoms with Crippen molar-refractivity contribution in [1.82, 2.24) is 9.97 Å². The van der Waals surface area contributed by atoms with Crippen molar-refractivity contribution in [3.05, 3.63) is 40.8 Å². The number of benzene rings is 1. The Kier molecular flexibility index (Phi) is 3.26. The molecule has 0 radical (unpaired) electrons. The molecule has 90 valence electrons. The van der Waals surface area contributed by atoms with E-state index in [9.17, 15) is 4.39 Å². The second-order valence-corrected chi connectivity index (χ2v) is 3.76. The minimum atomic E-state index is -0.495. The molecule has 0 bridgehead atoms. The lowest BCUT2D eigenvalue weighted by atomic mass is 10.2. The van der Waals surface area contributed by atoms with Crippen molar-refractivity contribution < 1.29 is 4.39 Å². The summed E-state index contributed by atoms with van der Waals surface area (Å²) in [6, 6.07) is 5.63. The van der Waals surface area contributed by atoms with E-state index in [0.717, 1.165) is 6.07 Å². The van der Waals surface area contributed by atoms with Gasteiger partial charge in [-0.3, -0.25) is 0 Å². The molecule has 1 heterocycles. The summed E-state index contributed by atoms with van der Waals surface area (Å²) in [7, 11) is 0. The number of nitrogen functional groups attached to an aromatic ring is 1. The van der Waals surface area contributed by atoms with E-state index in [1.54, 1.807) is 0 Å². The minimum absolute atomic E-state index is 0.0440. The van der Waals surface area contributed by atoms with Gasteiger partial charge in [-0.15, -0.1) is 0 Å². The second-order valence-electron chi connectivity index (χ2n) is 3.35. The standard InChI is InChI=1S/C11H7ClFN5/c12-8-5-16-11(15)18-10(8)17-9-2-1-7(13)3-6(9)4-14/h1-3,5H,(H3,15,16,17,18). The monoisotopic (exact) mass is 263 g/mol. The molecule has 0 aliphatic heterocycles. The molecule has 0 saturated carbocycles. The van der Waals surface area contributed by atoms with E-state index in [1.807, 2.05) is 6.07 Å². The first-order valence-electron chi connectivity index (χ1n) is 4.85. The third-order valence-electron chi connectivity index (χ3n) is 2.12. The lowest BCUT2D eigenvalue weighted by Gasteiger charge is -2.08. The molecule has 18 heavy (non-hydrogen) atoms. The van der Waals surface area contributed by atoms with E-state index < -0.39 is 5.82 Å². The van der Waals surface area contributed by atoms with Crippen LogP contribution in [0.15, 0.2) is 24.4 Å².